The third-order valence-corrected chi connectivity index (χ3v) is 4.51. The maximum absolute atomic E-state index is 12.3. The second-order valence-corrected chi connectivity index (χ2v) is 8.38. The zero-order valence-electron chi connectivity index (χ0n) is 16.4. The number of aromatic nitrogens is 1. The fourth-order valence-electron chi connectivity index (χ4n) is 2.71. The molecule has 29 heavy (non-hydrogen) atoms. The largest absolute Gasteiger partial charge is 0.444 e. The van der Waals surface area contributed by atoms with Crippen LogP contribution in [-0.2, 0) is 14.3 Å². The Balaban J connectivity index is 1.99. The van der Waals surface area contributed by atoms with E-state index in [9.17, 15) is 14.4 Å². The van der Waals surface area contributed by atoms with Crippen molar-refractivity contribution < 1.29 is 19.1 Å². The van der Waals surface area contributed by atoms with Crippen molar-refractivity contribution in [3.8, 4) is 0 Å². The summed E-state index contributed by atoms with van der Waals surface area (Å²) < 4.78 is 5.28. The van der Waals surface area contributed by atoms with Crippen LogP contribution >= 0.6 is 23.8 Å². The molecule has 11 heteroatoms. The fourth-order valence-corrected chi connectivity index (χ4v) is 3.02. The number of thiocarbonyl (C=S) groups is 1. The molecule has 3 N–H and O–H groups in total. The molecule has 1 aliphatic heterocycles. The Morgan fingerprint density at radius 1 is 1.31 bits per heavy atom. The van der Waals surface area contributed by atoms with Gasteiger partial charge in [0, 0.05) is 19.3 Å². The third-order valence-electron chi connectivity index (χ3n) is 3.99. The van der Waals surface area contributed by atoms with Gasteiger partial charge in [0.15, 0.2) is 4.99 Å². The van der Waals surface area contributed by atoms with Crippen molar-refractivity contribution in [1.29, 1.82) is 0 Å². The first-order chi connectivity index (χ1) is 13.6. The van der Waals surface area contributed by atoms with E-state index in [-0.39, 0.29) is 17.6 Å². The van der Waals surface area contributed by atoms with Crippen LogP contribution in [0.3, 0.4) is 0 Å². The van der Waals surface area contributed by atoms with Gasteiger partial charge < -0.3 is 25.6 Å². The molecule has 0 spiro atoms. The van der Waals surface area contributed by atoms with E-state index in [0.717, 1.165) is 6.41 Å². The van der Waals surface area contributed by atoms with Gasteiger partial charge in [-0.15, -0.1) is 0 Å². The second kappa shape index (κ2) is 9.84. The van der Waals surface area contributed by atoms with Gasteiger partial charge >= 0.3 is 6.09 Å². The van der Waals surface area contributed by atoms with Gasteiger partial charge in [-0.05, 0) is 39.3 Å². The van der Waals surface area contributed by atoms with Crippen LogP contribution < -0.4 is 16.0 Å². The second-order valence-electron chi connectivity index (χ2n) is 7.54. The number of ether oxygens (including phenoxy) is 1. The first kappa shape index (κ1) is 22.8. The molecule has 0 aliphatic carbocycles. The number of alkyl carbamates (subject to hydrolysis) is 1. The summed E-state index contributed by atoms with van der Waals surface area (Å²) >= 11 is 11.0. The molecule has 0 bridgehead atoms. The summed E-state index contributed by atoms with van der Waals surface area (Å²) in [6, 6.07) is 2.31. The van der Waals surface area contributed by atoms with Crippen molar-refractivity contribution in [3.05, 3.63) is 23.4 Å². The molecule has 1 aliphatic rings. The van der Waals surface area contributed by atoms with Gasteiger partial charge in [0.25, 0.3) is 5.91 Å². The average molecular weight is 442 g/mol. The van der Waals surface area contributed by atoms with Gasteiger partial charge in [-0.3, -0.25) is 9.59 Å². The number of carbonyl (C=O) groups excluding carboxylic acids is 3. The summed E-state index contributed by atoms with van der Waals surface area (Å²) in [6.07, 6.45) is 2.01. The third kappa shape index (κ3) is 7.47. The van der Waals surface area contributed by atoms with Gasteiger partial charge in [-0.1, -0.05) is 23.8 Å². The zero-order chi connectivity index (χ0) is 21.6. The van der Waals surface area contributed by atoms with Crippen molar-refractivity contribution in [2.75, 3.05) is 18.4 Å². The zero-order valence-corrected chi connectivity index (χ0v) is 18.0. The lowest BCUT2D eigenvalue weighted by molar-refractivity contribution is -0.119. The summed E-state index contributed by atoms with van der Waals surface area (Å²) in [4.78, 5) is 41.1. The van der Waals surface area contributed by atoms with Crippen molar-refractivity contribution >= 4 is 53.0 Å². The number of rotatable bonds is 4. The molecule has 158 valence electrons. The maximum Gasteiger partial charge on any atom is 0.408 e. The predicted octanol–water partition coefficient (Wildman–Crippen LogP) is 1.71. The van der Waals surface area contributed by atoms with Crippen LogP contribution in [0.2, 0.25) is 5.02 Å². The van der Waals surface area contributed by atoms with Gasteiger partial charge in [-0.2, -0.15) is 0 Å². The molecule has 1 aromatic heterocycles. The quantitative estimate of drug-likeness (QED) is 0.481. The topological polar surface area (TPSA) is 113 Å². The Bertz CT molecular complexity index is 769. The minimum absolute atomic E-state index is 0.0534. The SMILES string of the molecule is CC(C)(C)OC(=O)N[C@@H]1CN(C=O)CC[C@@H]1NC(=S)C(=O)Nc1ccc(Cl)cn1. The normalized spacial score (nSPS) is 19.1. The Morgan fingerprint density at radius 2 is 2.03 bits per heavy atom. The van der Waals surface area contributed by atoms with E-state index in [0.29, 0.717) is 23.8 Å². The first-order valence-electron chi connectivity index (χ1n) is 8.99. The van der Waals surface area contributed by atoms with Crippen LogP contribution in [0, 0.1) is 0 Å². The lowest BCUT2D eigenvalue weighted by Gasteiger charge is -2.38. The Hall–Kier alpha value is -2.46. The summed E-state index contributed by atoms with van der Waals surface area (Å²) in [5, 5.41) is 8.73. The number of hydrogen-bond acceptors (Lipinski definition) is 6. The molecule has 0 saturated carbocycles. The highest BCUT2D eigenvalue weighted by atomic mass is 35.5. The van der Waals surface area contributed by atoms with E-state index < -0.39 is 23.6 Å². The highest BCUT2D eigenvalue weighted by Crippen LogP contribution is 2.13. The number of anilines is 1. The van der Waals surface area contributed by atoms with Crippen molar-refractivity contribution in [1.82, 2.24) is 20.5 Å². The monoisotopic (exact) mass is 441 g/mol. The Labute approximate surface area is 179 Å². The smallest absolute Gasteiger partial charge is 0.408 e. The minimum Gasteiger partial charge on any atom is -0.444 e. The number of likely N-dealkylation sites (tertiary alicyclic amines) is 1. The molecular weight excluding hydrogens is 418 g/mol. The molecule has 0 unspecified atom stereocenters. The Morgan fingerprint density at radius 3 is 2.62 bits per heavy atom. The molecule has 1 fully saturated rings. The average Bonchev–Trinajstić information content (AvgIpc) is 2.63. The number of halogens is 1. The van der Waals surface area contributed by atoms with Crippen LogP contribution in [0.15, 0.2) is 18.3 Å². The van der Waals surface area contributed by atoms with Crippen LogP contribution in [-0.4, -0.2) is 64.1 Å². The number of carbonyl (C=O) groups is 3. The number of nitrogens with zero attached hydrogens (tertiary/aromatic N) is 2. The van der Waals surface area contributed by atoms with E-state index in [1.807, 2.05) is 0 Å². The molecular formula is C18H24ClN5O4S. The predicted molar refractivity (Wildman–Crippen MR) is 113 cm³/mol. The number of amides is 3. The van der Waals surface area contributed by atoms with E-state index >= 15 is 0 Å². The standard InChI is InChI=1S/C18H24ClN5O4S/c1-18(2,3)28-17(27)22-13-9-24(10-25)7-6-12(13)21-16(29)15(26)23-14-5-4-11(19)8-20-14/h4-5,8,10,12-13H,6-7,9H2,1-3H3,(H,21,29)(H,22,27)(H,20,23,26)/t12-,13+/m0/s1. The summed E-state index contributed by atoms with van der Waals surface area (Å²) in [6.45, 7) is 6.00. The molecule has 2 rings (SSSR count). The molecule has 2 heterocycles. The summed E-state index contributed by atoms with van der Waals surface area (Å²) in [5.41, 5.74) is -0.660. The highest BCUT2D eigenvalue weighted by Gasteiger charge is 2.32. The van der Waals surface area contributed by atoms with Crippen molar-refractivity contribution in [2.45, 2.75) is 44.9 Å². The molecule has 1 aromatic rings. The summed E-state index contributed by atoms with van der Waals surface area (Å²) in [5.74, 6) is -0.230. The number of piperidine rings is 1. The first-order valence-corrected chi connectivity index (χ1v) is 9.78. The number of nitrogens with one attached hydrogen (secondary N) is 3. The van der Waals surface area contributed by atoms with Gasteiger partial charge in [-0.25, -0.2) is 9.78 Å². The lowest BCUT2D eigenvalue weighted by Crippen LogP contribution is -2.61. The Kier molecular flexibility index (Phi) is 7.74. The van der Waals surface area contributed by atoms with Crippen molar-refractivity contribution in [3.63, 3.8) is 0 Å². The molecule has 0 aromatic carbocycles. The molecule has 2 atom stereocenters. The molecule has 1 saturated heterocycles. The van der Waals surface area contributed by atoms with Crippen molar-refractivity contribution in [2.24, 2.45) is 0 Å². The van der Waals surface area contributed by atoms with Gasteiger partial charge in [0.2, 0.25) is 6.41 Å². The fraction of sp³-hybridized carbons (Fsp3) is 0.500. The van der Waals surface area contributed by atoms with Gasteiger partial charge in [0.05, 0.1) is 17.1 Å². The minimum atomic E-state index is -0.660. The van der Waals surface area contributed by atoms with E-state index in [1.54, 1.807) is 37.8 Å². The maximum atomic E-state index is 12.3. The molecule has 3 amide bonds. The van der Waals surface area contributed by atoms with E-state index in [2.05, 4.69) is 20.9 Å². The number of pyridine rings is 1. The van der Waals surface area contributed by atoms with E-state index in [4.69, 9.17) is 28.6 Å². The van der Waals surface area contributed by atoms with Crippen LogP contribution in [0.4, 0.5) is 10.6 Å². The van der Waals surface area contributed by atoms with Gasteiger partial charge in [0.1, 0.15) is 11.4 Å². The highest BCUT2D eigenvalue weighted by molar-refractivity contribution is 7.82. The van der Waals surface area contributed by atoms with Crippen LogP contribution in [0.25, 0.3) is 0 Å². The van der Waals surface area contributed by atoms with E-state index in [1.165, 1.54) is 6.20 Å². The number of hydrogen-bond donors (Lipinski definition) is 3. The summed E-state index contributed by atoms with van der Waals surface area (Å²) in [7, 11) is 0. The van der Waals surface area contributed by atoms with Crippen LogP contribution in [0.5, 0.6) is 0 Å². The molecule has 9 nitrogen and oxygen atoms in total. The van der Waals surface area contributed by atoms with Crippen LogP contribution in [0.1, 0.15) is 27.2 Å². The molecule has 0 radical (unpaired) electrons. The lowest BCUT2D eigenvalue weighted by atomic mass is 9.99.